The maximum atomic E-state index is 11.8. The molecule has 0 radical (unpaired) electrons. The molecule has 100 valence electrons. The summed E-state index contributed by atoms with van der Waals surface area (Å²) < 4.78 is 0. The Kier molecular flexibility index (Phi) is 5.60. The van der Waals surface area contributed by atoms with Crippen LogP contribution in [0.1, 0.15) is 40.5 Å². The molecular formula is C14H28N2O. The SMILES string of the molecule is CCN1CCN(CCCC(=O)C(C)(C)C)CC1. The van der Waals surface area contributed by atoms with Gasteiger partial charge in [-0.05, 0) is 19.5 Å². The molecule has 1 saturated heterocycles. The van der Waals surface area contributed by atoms with Gasteiger partial charge in [-0.2, -0.15) is 0 Å². The van der Waals surface area contributed by atoms with E-state index in [1.807, 2.05) is 20.8 Å². The number of likely N-dealkylation sites (N-methyl/N-ethyl adjacent to an activating group) is 1. The number of hydrogen-bond acceptors (Lipinski definition) is 3. The fourth-order valence-electron chi connectivity index (χ4n) is 2.17. The van der Waals surface area contributed by atoms with E-state index >= 15 is 0 Å². The summed E-state index contributed by atoms with van der Waals surface area (Å²) in [6.45, 7) is 15.2. The molecule has 0 saturated carbocycles. The van der Waals surface area contributed by atoms with E-state index in [4.69, 9.17) is 0 Å². The highest BCUT2D eigenvalue weighted by Crippen LogP contribution is 2.17. The fraction of sp³-hybridized carbons (Fsp3) is 0.929. The van der Waals surface area contributed by atoms with Gasteiger partial charge in [0.05, 0.1) is 0 Å². The van der Waals surface area contributed by atoms with Crippen molar-refractivity contribution in [2.45, 2.75) is 40.5 Å². The highest BCUT2D eigenvalue weighted by molar-refractivity contribution is 5.83. The quantitative estimate of drug-likeness (QED) is 0.734. The third kappa shape index (κ3) is 5.17. The van der Waals surface area contributed by atoms with Crippen LogP contribution < -0.4 is 0 Å². The lowest BCUT2D eigenvalue weighted by Crippen LogP contribution is -2.46. The third-order valence-electron chi connectivity index (χ3n) is 3.63. The molecular weight excluding hydrogens is 212 g/mol. The Hall–Kier alpha value is -0.410. The number of Topliss-reactive ketones (excluding diaryl/α,β-unsaturated/α-hetero) is 1. The van der Waals surface area contributed by atoms with E-state index in [1.165, 1.54) is 13.1 Å². The molecule has 0 N–H and O–H groups in total. The summed E-state index contributed by atoms with van der Waals surface area (Å²) in [7, 11) is 0. The first-order valence-corrected chi connectivity index (χ1v) is 6.91. The number of rotatable bonds is 5. The fourth-order valence-corrected chi connectivity index (χ4v) is 2.17. The number of hydrogen-bond donors (Lipinski definition) is 0. The Morgan fingerprint density at radius 2 is 1.59 bits per heavy atom. The standard InChI is InChI=1S/C14H28N2O/c1-5-15-9-11-16(12-10-15)8-6-7-13(17)14(2,3)4/h5-12H2,1-4H3. The summed E-state index contributed by atoms with van der Waals surface area (Å²) in [5.74, 6) is 0.393. The average Bonchev–Trinajstić information content (AvgIpc) is 2.28. The molecule has 1 heterocycles. The van der Waals surface area contributed by atoms with Crippen molar-refractivity contribution in [1.29, 1.82) is 0 Å². The number of ketones is 1. The van der Waals surface area contributed by atoms with Gasteiger partial charge in [-0.25, -0.2) is 0 Å². The largest absolute Gasteiger partial charge is 0.301 e. The molecule has 0 bridgehead atoms. The predicted molar refractivity (Wildman–Crippen MR) is 72.3 cm³/mol. The Balaban J connectivity index is 2.14. The number of nitrogens with zero attached hydrogens (tertiary/aromatic N) is 2. The van der Waals surface area contributed by atoms with Gasteiger partial charge in [-0.15, -0.1) is 0 Å². The van der Waals surface area contributed by atoms with Gasteiger partial charge in [0.2, 0.25) is 0 Å². The summed E-state index contributed by atoms with van der Waals surface area (Å²) in [6.07, 6.45) is 1.75. The first-order valence-electron chi connectivity index (χ1n) is 6.91. The number of carbonyl (C=O) groups is 1. The molecule has 3 heteroatoms. The van der Waals surface area contributed by atoms with Gasteiger partial charge in [0.25, 0.3) is 0 Å². The van der Waals surface area contributed by atoms with Gasteiger partial charge in [0, 0.05) is 38.0 Å². The molecule has 1 fully saturated rings. The second-order valence-corrected chi connectivity index (χ2v) is 6.05. The first kappa shape index (κ1) is 14.7. The predicted octanol–water partition coefficient (Wildman–Crippen LogP) is 2.02. The Labute approximate surface area is 106 Å². The van der Waals surface area contributed by atoms with Crippen molar-refractivity contribution in [3.8, 4) is 0 Å². The van der Waals surface area contributed by atoms with Gasteiger partial charge < -0.3 is 9.80 Å². The zero-order valence-corrected chi connectivity index (χ0v) is 12.0. The Morgan fingerprint density at radius 1 is 1.06 bits per heavy atom. The highest BCUT2D eigenvalue weighted by atomic mass is 16.1. The van der Waals surface area contributed by atoms with E-state index in [2.05, 4.69) is 16.7 Å². The first-order chi connectivity index (χ1) is 7.93. The summed E-state index contributed by atoms with van der Waals surface area (Å²) in [4.78, 5) is 16.7. The normalized spacial score (nSPS) is 19.5. The maximum Gasteiger partial charge on any atom is 0.138 e. The van der Waals surface area contributed by atoms with Crippen LogP contribution in [0.25, 0.3) is 0 Å². The van der Waals surface area contributed by atoms with Crippen LogP contribution >= 0.6 is 0 Å². The van der Waals surface area contributed by atoms with Crippen LogP contribution in [-0.4, -0.2) is 54.9 Å². The van der Waals surface area contributed by atoms with E-state index in [0.717, 1.165) is 39.0 Å². The minimum atomic E-state index is -0.166. The number of carbonyl (C=O) groups excluding carboxylic acids is 1. The molecule has 1 rings (SSSR count). The van der Waals surface area contributed by atoms with Crippen molar-refractivity contribution in [2.75, 3.05) is 39.3 Å². The van der Waals surface area contributed by atoms with Gasteiger partial charge in [-0.1, -0.05) is 27.7 Å². The van der Waals surface area contributed by atoms with Crippen LogP contribution in [0.15, 0.2) is 0 Å². The molecule has 0 aliphatic carbocycles. The lowest BCUT2D eigenvalue weighted by Gasteiger charge is -2.34. The van der Waals surface area contributed by atoms with Crippen molar-refractivity contribution < 1.29 is 4.79 Å². The molecule has 0 atom stereocenters. The topological polar surface area (TPSA) is 23.6 Å². The minimum absolute atomic E-state index is 0.166. The molecule has 0 aromatic rings. The van der Waals surface area contributed by atoms with E-state index < -0.39 is 0 Å². The molecule has 17 heavy (non-hydrogen) atoms. The molecule has 0 aromatic carbocycles. The van der Waals surface area contributed by atoms with Crippen LogP contribution in [0.3, 0.4) is 0 Å². The lowest BCUT2D eigenvalue weighted by atomic mass is 9.88. The molecule has 1 aliphatic rings. The summed E-state index contributed by atoms with van der Waals surface area (Å²) in [6, 6.07) is 0. The lowest BCUT2D eigenvalue weighted by molar-refractivity contribution is -0.126. The van der Waals surface area contributed by atoms with Crippen LogP contribution in [0.2, 0.25) is 0 Å². The average molecular weight is 240 g/mol. The number of piperazine rings is 1. The Morgan fingerprint density at radius 3 is 2.06 bits per heavy atom. The van der Waals surface area contributed by atoms with Crippen LogP contribution in [0, 0.1) is 5.41 Å². The van der Waals surface area contributed by atoms with Crippen molar-refractivity contribution in [1.82, 2.24) is 9.80 Å². The van der Waals surface area contributed by atoms with Crippen LogP contribution in [0.5, 0.6) is 0 Å². The monoisotopic (exact) mass is 240 g/mol. The van der Waals surface area contributed by atoms with Crippen LogP contribution in [0.4, 0.5) is 0 Å². The second-order valence-electron chi connectivity index (χ2n) is 6.05. The summed E-state index contributed by atoms with van der Waals surface area (Å²) in [5.41, 5.74) is -0.166. The van der Waals surface area contributed by atoms with E-state index in [-0.39, 0.29) is 5.41 Å². The van der Waals surface area contributed by atoms with Crippen molar-refractivity contribution in [3.05, 3.63) is 0 Å². The molecule has 0 amide bonds. The molecule has 1 aliphatic heterocycles. The van der Waals surface area contributed by atoms with Crippen LogP contribution in [-0.2, 0) is 4.79 Å². The molecule has 3 nitrogen and oxygen atoms in total. The molecule has 0 aromatic heterocycles. The minimum Gasteiger partial charge on any atom is -0.301 e. The second kappa shape index (κ2) is 6.50. The Bertz CT molecular complexity index is 237. The van der Waals surface area contributed by atoms with Crippen molar-refractivity contribution in [3.63, 3.8) is 0 Å². The van der Waals surface area contributed by atoms with Gasteiger partial charge in [0.1, 0.15) is 5.78 Å². The van der Waals surface area contributed by atoms with E-state index in [0.29, 0.717) is 5.78 Å². The van der Waals surface area contributed by atoms with Crippen molar-refractivity contribution in [2.24, 2.45) is 5.41 Å². The molecule has 0 unspecified atom stereocenters. The van der Waals surface area contributed by atoms with Crippen molar-refractivity contribution >= 4 is 5.78 Å². The zero-order chi connectivity index (χ0) is 12.9. The van der Waals surface area contributed by atoms with Gasteiger partial charge in [-0.3, -0.25) is 4.79 Å². The van der Waals surface area contributed by atoms with Gasteiger partial charge in [0.15, 0.2) is 0 Å². The zero-order valence-electron chi connectivity index (χ0n) is 12.0. The summed E-state index contributed by atoms with van der Waals surface area (Å²) >= 11 is 0. The maximum absolute atomic E-state index is 11.8. The summed E-state index contributed by atoms with van der Waals surface area (Å²) in [5, 5.41) is 0. The highest BCUT2D eigenvalue weighted by Gasteiger charge is 2.21. The third-order valence-corrected chi connectivity index (χ3v) is 3.63. The smallest absolute Gasteiger partial charge is 0.138 e. The van der Waals surface area contributed by atoms with E-state index in [1.54, 1.807) is 0 Å². The van der Waals surface area contributed by atoms with Gasteiger partial charge >= 0.3 is 0 Å². The van der Waals surface area contributed by atoms with E-state index in [9.17, 15) is 4.79 Å². The molecule has 0 spiro atoms.